The van der Waals surface area contributed by atoms with E-state index in [-0.39, 0.29) is 24.7 Å². The monoisotopic (exact) mass is 430 g/mol. The summed E-state index contributed by atoms with van der Waals surface area (Å²) >= 11 is 5.93. The van der Waals surface area contributed by atoms with Gasteiger partial charge in [0.2, 0.25) is 5.91 Å². The van der Waals surface area contributed by atoms with E-state index in [9.17, 15) is 9.90 Å². The van der Waals surface area contributed by atoms with E-state index in [4.69, 9.17) is 26.8 Å². The predicted molar refractivity (Wildman–Crippen MR) is 115 cm³/mol. The van der Waals surface area contributed by atoms with E-state index in [1.54, 1.807) is 0 Å². The van der Waals surface area contributed by atoms with Crippen molar-refractivity contribution in [1.29, 1.82) is 0 Å². The highest BCUT2D eigenvalue weighted by molar-refractivity contribution is 6.30. The van der Waals surface area contributed by atoms with Crippen LogP contribution < -0.4 is 15.2 Å². The zero-order chi connectivity index (χ0) is 21.1. The standard InChI is InChI=1S/C23H27ClN2O4/c24-16-5-7-17(8-6-16)29-18-11-12-26(14-18)19-9-10-21(23(19)28)30-20-4-2-1-3-15(20)13-22(25)27/h1-8,18-19,21,23,28H,9-14H2,(H2,25,27)/t18-,19+,21+,23-/m0/s1. The number of rotatable bonds is 7. The third kappa shape index (κ3) is 4.89. The third-order valence-electron chi connectivity index (χ3n) is 5.90. The first-order chi connectivity index (χ1) is 14.5. The molecule has 3 N–H and O–H groups in total. The Kier molecular flexibility index (Phi) is 6.46. The van der Waals surface area contributed by atoms with Gasteiger partial charge in [-0.1, -0.05) is 29.8 Å². The quantitative estimate of drug-likeness (QED) is 0.705. The van der Waals surface area contributed by atoms with Crippen LogP contribution in [0.3, 0.4) is 0 Å². The summed E-state index contributed by atoms with van der Waals surface area (Å²) in [5.41, 5.74) is 6.09. The molecule has 1 saturated carbocycles. The van der Waals surface area contributed by atoms with Crippen molar-refractivity contribution >= 4 is 17.5 Å². The number of hydrogen-bond donors (Lipinski definition) is 2. The van der Waals surface area contributed by atoms with Crippen LogP contribution in [0.25, 0.3) is 0 Å². The minimum absolute atomic E-state index is 0.0390. The summed E-state index contributed by atoms with van der Waals surface area (Å²) in [6.45, 7) is 1.65. The minimum atomic E-state index is -0.596. The van der Waals surface area contributed by atoms with E-state index in [1.807, 2.05) is 48.5 Å². The lowest BCUT2D eigenvalue weighted by Crippen LogP contribution is -2.44. The van der Waals surface area contributed by atoms with E-state index in [2.05, 4.69) is 4.90 Å². The molecule has 1 heterocycles. The van der Waals surface area contributed by atoms with Crippen LogP contribution in [0.1, 0.15) is 24.8 Å². The summed E-state index contributed by atoms with van der Waals surface area (Å²) in [7, 11) is 0. The van der Waals surface area contributed by atoms with Gasteiger partial charge >= 0.3 is 0 Å². The van der Waals surface area contributed by atoms with Crippen LogP contribution in [0, 0.1) is 0 Å². The Hall–Kier alpha value is -2.28. The maximum Gasteiger partial charge on any atom is 0.221 e. The normalized spacial score (nSPS) is 26.6. The SMILES string of the molecule is NC(=O)Cc1ccccc1O[C@@H]1CC[C@@H](N2CC[C@H](Oc3ccc(Cl)cc3)C2)[C@@H]1O. The average Bonchev–Trinajstić information content (AvgIpc) is 3.32. The van der Waals surface area contributed by atoms with E-state index in [0.717, 1.165) is 43.7 Å². The number of ether oxygens (including phenoxy) is 2. The van der Waals surface area contributed by atoms with E-state index in [0.29, 0.717) is 10.8 Å². The molecule has 4 atom stereocenters. The lowest BCUT2D eigenvalue weighted by Gasteiger charge is -2.28. The summed E-state index contributed by atoms with van der Waals surface area (Å²) in [5, 5.41) is 11.6. The molecule has 2 aliphatic rings. The van der Waals surface area contributed by atoms with Crippen LogP contribution in [0.2, 0.25) is 5.02 Å². The van der Waals surface area contributed by atoms with Crippen LogP contribution in [0.4, 0.5) is 0 Å². The van der Waals surface area contributed by atoms with E-state index in [1.165, 1.54) is 0 Å². The Bertz CT molecular complexity index is 876. The predicted octanol–water partition coefficient (Wildman–Crippen LogP) is 2.79. The van der Waals surface area contributed by atoms with Gasteiger partial charge in [-0.25, -0.2) is 0 Å². The number of benzene rings is 2. The summed E-state index contributed by atoms with van der Waals surface area (Å²) < 4.78 is 12.2. The molecule has 1 amide bonds. The van der Waals surface area contributed by atoms with Crippen molar-refractivity contribution in [3.05, 3.63) is 59.1 Å². The highest BCUT2D eigenvalue weighted by Gasteiger charge is 2.42. The number of nitrogens with zero attached hydrogens (tertiary/aromatic N) is 1. The van der Waals surface area contributed by atoms with Crippen molar-refractivity contribution in [2.24, 2.45) is 5.73 Å². The van der Waals surface area contributed by atoms with Crippen LogP contribution in [-0.2, 0) is 11.2 Å². The van der Waals surface area contributed by atoms with Gasteiger partial charge in [0.25, 0.3) is 0 Å². The molecule has 30 heavy (non-hydrogen) atoms. The maximum atomic E-state index is 11.3. The summed E-state index contributed by atoms with van der Waals surface area (Å²) in [6.07, 6.45) is 1.85. The van der Waals surface area contributed by atoms with Crippen LogP contribution in [0.5, 0.6) is 11.5 Å². The summed E-state index contributed by atoms with van der Waals surface area (Å²) in [5.74, 6) is 1.02. The van der Waals surface area contributed by atoms with Gasteiger partial charge < -0.3 is 20.3 Å². The molecule has 1 aliphatic heterocycles. The fourth-order valence-electron chi connectivity index (χ4n) is 4.42. The molecule has 0 bridgehead atoms. The molecule has 0 radical (unpaired) electrons. The Morgan fingerprint density at radius 2 is 1.87 bits per heavy atom. The van der Waals surface area contributed by atoms with Crippen molar-refractivity contribution in [2.75, 3.05) is 13.1 Å². The molecule has 0 spiro atoms. The number of hydrogen-bond acceptors (Lipinski definition) is 5. The molecule has 0 unspecified atom stereocenters. The largest absolute Gasteiger partial charge is 0.489 e. The van der Waals surface area contributed by atoms with Crippen LogP contribution >= 0.6 is 11.6 Å². The molecule has 2 aromatic rings. The van der Waals surface area contributed by atoms with Gasteiger partial charge in [0.15, 0.2) is 0 Å². The topological polar surface area (TPSA) is 85.0 Å². The molecule has 0 aromatic heterocycles. The maximum absolute atomic E-state index is 11.3. The number of amides is 1. The molecule has 160 valence electrons. The molecule has 7 heteroatoms. The van der Waals surface area contributed by atoms with Crippen molar-refractivity contribution in [3.63, 3.8) is 0 Å². The van der Waals surface area contributed by atoms with Gasteiger partial charge in [0.05, 0.1) is 6.42 Å². The second-order valence-electron chi connectivity index (χ2n) is 8.02. The molecular formula is C23H27ClN2O4. The fourth-order valence-corrected chi connectivity index (χ4v) is 4.55. The number of halogens is 1. The van der Waals surface area contributed by atoms with E-state index >= 15 is 0 Å². The Balaban J connectivity index is 1.34. The number of nitrogens with two attached hydrogens (primary N) is 1. The average molecular weight is 431 g/mol. The number of carbonyl (C=O) groups excluding carboxylic acids is 1. The van der Waals surface area contributed by atoms with Gasteiger partial charge in [-0.2, -0.15) is 0 Å². The smallest absolute Gasteiger partial charge is 0.221 e. The van der Waals surface area contributed by atoms with Crippen LogP contribution in [-0.4, -0.2) is 53.4 Å². The number of para-hydroxylation sites is 1. The van der Waals surface area contributed by atoms with Crippen molar-refractivity contribution in [2.45, 2.75) is 50.0 Å². The summed E-state index contributed by atoms with van der Waals surface area (Å²) in [4.78, 5) is 13.6. The van der Waals surface area contributed by atoms with Crippen molar-refractivity contribution in [3.8, 4) is 11.5 Å². The lowest BCUT2D eigenvalue weighted by molar-refractivity contribution is -0.117. The fraction of sp³-hybridized carbons (Fsp3) is 0.435. The van der Waals surface area contributed by atoms with Gasteiger partial charge in [0, 0.05) is 29.7 Å². The lowest BCUT2D eigenvalue weighted by atomic mass is 10.1. The molecule has 1 aliphatic carbocycles. The second kappa shape index (κ2) is 9.25. The van der Waals surface area contributed by atoms with Gasteiger partial charge in [-0.3, -0.25) is 9.69 Å². The molecule has 2 aromatic carbocycles. The van der Waals surface area contributed by atoms with Crippen molar-refractivity contribution < 1.29 is 19.4 Å². The zero-order valence-corrected chi connectivity index (χ0v) is 17.5. The number of carbonyl (C=O) groups is 1. The second-order valence-corrected chi connectivity index (χ2v) is 8.46. The highest BCUT2D eigenvalue weighted by Crippen LogP contribution is 2.32. The Morgan fingerprint density at radius 1 is 1.10 bits per heavy atom. The number of likely N-dealkylation sites (tertiary alicyclic amines) is 1. The number of primary amides is 1. The van der Waals surface area contributed by atoms with Gasteiger partial charge in [0.1, 0.15) is 29.8 Å². The third-order valence-corrected chi connectivity index (χ3v) is 6.15. The van der Waals surface area contributed by atoms with Gasteiger partial charge in [-0.15, -0.1) is 0 Å². The Labute approximate surface area is 181 Å². The molecule has 1 saturated heterocycles. The highest BCUT2D eigenvalue weighted by atomic mass is 35.5. The van der Waals surface area contributed by atoms with Crippen LogP contribution in [0.15, 0.2) is 48.5 Å². The minimum Gasteiger partial charge on any atom is -0.489 e. The zero-order valence-electron chi connectivity index (χ0n) is 16.7. The molecule has 4 rings (SSSR count). The number of aliphatic hydroxyl groups is 1. The Morgan fingerprint density at radius 3 is 2.63 bits per heavy atom. The first-order valence-electron chi connectivity index (χ1n) is 10.4. The van der Waals surface area contributed by atoms with E-state index < -0.39 is 12.0 Å². The molecule has 2 fully saturated rings. The number of aliphatic hydroxyl groups excluding tert-OH is 1. The van der Waals surface area contributed by atoms with Crippen molar-refractivity contribution in [1.82, 2.24) is 4.90 Å². The molecule has 6 nitrogen and oxygen atoms in total. The molecular weight excluding hydrogens is 404 g/mol. The van der Waals surface area contributed by atoms with Gasteiger partial charge in [-0.05, 0) is 49.6 Å². The summed E-state index contributed by atoms with van der Waals surface area (Å²) in [6, 6.07) is 14.8. The first kappa shape index (κ1) is 21.0. The first-order valence-corrected chi connectivity index (χ1v) is 10.7.